The van der Waals surface area contributed by atoms with Crippen molar-refractivity contribution in [2.24, 2.45) is 0 Å². The van der Waals surface area contributed by atoms with Crippen LogP contribution in [0.4, 0.5) is 0 Å². The maximum absolute atomic E-state index is 12.1. The molecule has 0 saturated carbocycles. The number of aromatic nitrogens is 2. The van der Waals surface area contributed by atoms with Crippen LogP contribution >= 0.6 is 27.3 Å². The lowest BCUT2D eigenvalue weighted by Gasteiger charge is -2.25. The summed E-state index contributed by atoms with van der Waals surface area (Å²) in [6.07, 6.45) is 2.76. The fourth-order valence-electron chi connectivity index (χ4n) is 3.48. The van der Waals surface area contributed by atoms with Crippen molar-refractivity contribution in [1.82, 2.24) is 9.97 Å². The van der Waals surface area contributed by atoms with Crippen LogP contribution in [0.2, 0.25) is 0 Å². The third-order valence-electron chi connectivity index (χ3n) is 5.12. The molecule has 1 fully saturated rings. The number of thiophene rings is 1. The van der Waals surface area contributed by atoms with Crippen LogP contribution in [-0.2, 0) is 20.7 Å². The molecule has 1 unspecified atom stereocenters. The summed E-state index contributed by atoms with van der Waals surface area (Å²) in [4.78, 5) is 22.0. The molecule has 2 aromatic heterocycles. The van der Waals surface area contributed by atoms with Crippen LogP contribution in [0.3, 0.4) is 0 Å². The molecule has 10 heteroatoms. The van der Waals surface area contributed by atoms with Gasteiger partial charge >= 0.3 is 5.97 Å². The number of benzene rings is 1. The number of nitrogens with zero attached hydrogens (tertiary/aromatic N) is 2. The molecule has 1 aliphatic rings. The van der Waals surface area contributed by atoms with Gasteiger partial charge in [0.05, 0.1) is 21.3 Å². The fourth-order valence-corrected chi connectivity index (χ4v) is 5.21. The molecule has 1 aromatic carbocycles. The van der Waals surface area contributed by atoms with Crippen molar-refractivity contribution in [3.05, 3.63) is 45.5 Å². The van der Waals surface area contributed by atoms with Gasteiger partial charge < -0.3 is 24.1 Å². The van der Waals surface area contributed by atoms with E-state index in [1.165, 1.54) is 17.7 Å². The smallest absolute Gasteiger partial charge is 0.345 e. The van der Waals surface area contributed by atoms with E-state index >= 15 is 0 Å². The highest BCUT2D eigenvalue weighted by Gasteiger charge is 2.26. The monoisotopic (exact) mass is 546 g/mol. The Morgan fingerprint density at radius 2 is 2.21 bits per heavy atom. The Labute approximate surface area is 209 Å². The summed E-state index contributed by atoms with van der Waals surface area (Å²) in [5, 5.41) is 10.5. The van der Waals surface area contributed by atoms with E-state index in [9.17, 15) is 9.90 Å². The number of halogens is 1. The first-order chi connectivity index (χ1) is 16.6. The molecule has 3 aromatic rings. The first kappa shape index (κ1) is 24.4. The van der Waals surface area contributed by atoms with E-state index in [1.54, 1.807) is 7.11 Å². The molecule has 34 heavy (non-hydrogen) atoms. The number of aliphatic carboxylic acids is 1. The topological polar surface area (TPSA) is 100 Å². The van der Waals surface area contributed by atoms with Gasteiger partial charge in [-0.3, -0.25) is 0 Å². The zero-order valence-corrected chi connectivity index (χ0v) is 20.9. The Balaban J connectivity index is 1.58. The molecule has 1 saturated heterocycles. The first-order valence-electron chi connectivity index (χ1n) is 10.7. The Morgan fingerprint density at radius 3 is 2.97 bits per heavy atom. The molecule has 0 bridgehead atoms. The predicted octanol–water partition coefficient (Wildman–Crippen LogP) is 4.43. The number of para-hydroxylation sites is 1. The molecule has 0 radical (unpaired) electrons. The van der Waals surface area contributed by atoms with E-state index in [2.05, 4.69) is 37.7 Å². The van der Waals surface area contributed by atoms with Gasteiger partial charge in [0.1, 0.15) is 23.5 Å². The largest absolute Gasteiger partial charge is 0.478 e. The van der Waals surface area contributed by atoms with Gasteiger partial charge in [-0.2, -0.15) is 0 Å². The number of rotatable bonds is 8. The second kappa shape index (κ2) is 11.6. The van der Waals surface area contributed by atoms with Crippen LogP contribution in [0.1, 0.15) is 29.7 Å². The Kier molecular flexibility index (Phi) is 8.34. The van der Waals surface area contributed by atoms with E-state index in [0.29, 0.717) is 39.2 Å². The lowest BCUT2D eigenvalue weighted by atomic mass is 10.1. The molecule has 2 atom stereocenters. The van der Waals surface area contributed by atoms with Crippen LogP contribution < -0.4 is 9.47 Å². The molecule has 3 heterocycles. The van der Waals surface area contributed by atoms with E-state index in [0.717, 1.165) is 24.1 Å². The van der Waals surface area contributed by atoms with Crippen LogP contribution in [0.25, 0.3) is 10.2 Å². The molecule has 0 aliphatic carbocycles. The number of fused-ring (bicyclic) bond motifs is 1. The van der Waals surface area contributed by atoms with Crippen molar-refractivity contribution in [1.29, 1.82) is 0 Å². The molecular formula is C24H23BrN2O6S. The van der Waals surface area contributed by atoms with Crippen molar-refractivity contribution < 1.29 is 28.8 Å². The Morgan fingerprint density at radius 1 is 1.35 bits per heavy atom. The number of carboxylic acid groups (broad SMARTS) is 1. The van der Waals surface area contributed by atoms with Gasteiger partial charge in [0, 0.05) is 20.0 Å². The van der Waals surface area contributed by atoms with Gasteiger partial charge in [0.15, 0.2) is 6.29 Å². The van der Waals surface area contributed by atoms with Crippen molar-refractivity contribution in [2.75, 3.05) is 20.3 Å². The quantitative estimate of drug-likeness (QED) is 0.414. The first-order valence-corrected chi connectivity index (χ1v) is 12.3. The minimum absolute atomic E-state index is 0.0893. The van der Waals surface area contributed by atoms with Gasteiger partial charge in [-0.1, -0.05) is 30.0 Å². The van der Waals surface area contributed by atoms with Crippen molar-refractivity contribution >= 4 is 43.5 Å². The van der Waals surface area contributed by atoms with Gasteiger partial charge in [-0.05, 0) is 40.4 Å². The van der Waals surface area contributed by atoms with E-state index < -0.39 is 12.1 Å². The van der Waals surface area contributed by atoms with Crippen LogP contribution in [0.5, 0.6) is 11.6 Å². The SMILES string of the molecule is COCC#Cc1sc2ncnc(O[C@H](Cc3ccccc3OC3CCCCO3)C(=O)O)c2c1Br. The zero-order chi connectivity index (χ0) is 23.9. The van der Waals surface area contributed by atoms with Crippen LogP contribution in [0, 0.1) is 11.8 Å². The number of hydrogen-bond donors (Lipinski definition) is 1. The van der Waals surface area contributed by atoms with Crippen LogP contribution in [0.15, 0.2) is 35.1 Å². The average molecular weight is 547 g/mol. The lowest BCUT2D eigenvalue weighted by molar-refractivity contribution is -0.145. The van der Waals surface area contributed by atoms with E-state index in [-0.39, 0.29) is 18.6 Å². The van der Waals surface area contributed by atoms with Gasteiger partial charge in [-0.15, -0.1) is 11.3 Å². The summed E-state index contributed by atoms with van der Waals surface area (Å²) in [7, 11) is 1.57. The Bertz CT molecular complexity index is 1220. The van der Waals surface area contributed by atoms with E-state index in [4.69, 9.17) is 18.9 Å². The second-order valence-corrected chi connectivity index (χ2v) is 9.30. The summed E-state index contributed by atoms with van der Waals surface area (Å²) in [5.74, 6) is 5.58. The molecule has 8 nitrogen and oxygen atoms in total. The highest BCUT2D eigenvalue weighted by atomic mass is 79.9. The molecule has 4 rings (SSSR count). The normalized spacial score (nSPS) is 16.5. The minimum Gasteiger partial charge on any atom is -0.478 e. The van der Waals surface area contributed by atoms with Gasteiger partial charge in [0.2, 0.25) is 12.0 Å². The number of carbonyl (C=O) groups is 1. The molecule has 1 aliphatic heterocycles. The number of carboxylic acids is 1. The summed E-state index contributed by atoms with van der Waals surface area (Å²) < 4.78 is 23.3. The van der Waals surface area contributed by atoms with Gasteiger partial charge in [-0.25, -0.2) is 14.8 Å². The van der Waals surface area contributed by atoms with Crippen molar-refractivity contribution in [2.45, 2.75) is 38.1 Å². The third kappa shape index (κ3) is 5.85. The van der Waals surface area contributed by atoms with Gasteiger partial charge in [0.25, 0.3) is 0 Å². The highest BCUT2D eigenvalue weighted by Crippen LogP contribution is 2.39. The van der Waals surface area contributed by atoms with Crippen molar-refractivity contribution in [3.63, 3.8) is 0 Å². The maximum Gasteiger partial charge on any atom is 0.345 e. The number of hydrogen-bond acceptors (Lipinski definition) is 8. The average Bonchev–Trinajstić information content (AvgIpc) is 3.17. The summed E-state index contributed by atoms with van der Waals surface area (Å²) in [6, 6.07) is 7.33. The lowest BCUT2D eigenvalue weighted by Crippen LogP contribution is -2.30. The zero-order valence-electron chi connectivity index (χ0n) is 18.5. The van der Waals surface area contributed by atoms with Crippen molar-refractivity contribution in [3.8, 4) is 23.5 Å². The van der Waals surface area contributed by atoms with Crippen LogP contribution in [-0.4, -0.2) is 53.8 Å². The molecule has 178 valence electrons. The van der Waals surface area contributed by atoms with E-state index in [1.807, 2.05) is 24.3 Å². The molecule has 1 N–H and O–H groups in total. The Hall–Kier alpha value is -2.71. The summed E-state index contributed by atoms with van der Waals surface area (Å²) in [5.41, 5.74) is 0.713. The standard InChI is InChI=1S/C24H23BrN2O6S/c1-30-11-6-9-18-21(25)20-22(26-14-27-23(20)34-18)33-17(24(28)29)13-15-7-2-3-8-16(15)32-19-10-4-5-12-31-19/h2-3,7-8,14,17,19H,4-5,10-13H2,1H3,(H,28,29)/t17-,19?/m1/s1. The maximum atomic E-state index is 12.1. The molecule has 0 amide bonds. The predicted molar refractivity (Wildman–Crippen MR) is 130 cm³/mol. The molecule has 0 spiro atoms. The third-order valence-corrected chi connectivity index (χ3v) is 7.19. The highest BCUT2D eigenvalue weighted by molar-refractivity contribution is 9.10. The summed E-state index contributed by atoms with van der Waals surface area (Å²) in [6.45, 7) is 0.953. The summed E-state index contributed by atoms with van der Waals surface area (Å²) >= 11 is 4.90. The molecular weight excluding hydrogens is 524 g/mol. The number of methoxy groups -OCH3 is 1. The second-order valence-electron chi connectivity index (χ2n) is 7.51. The minimum atomic E-state index is -1.19. The fraction of sp³-hybridized carbons (Fsp3) is 0.375. The number of ether oxygens (including phenoxy) is 4.